The van der Waals surface area contributed by atoms with E-state index in [0.29, 0.717) is 6.04 Å². The van der Waals surface area contributed by atoms with Crippen molar-refractivity contribution in [3.05, 3.63) is 43.8 Å². The average molecular weight is 319 g/mol. The van der Waals surface area contributed by atoms with Crippen LogP contribution in [-0.2, 0) is 6.54 Å². The fraction of sp³-hybridized carbons (Fsp3) is 0.438. The van der Waals surface area contributed by atoms with Gasteiger partial charge in [-0.05, 0) is 46.2 Å². The van der Waals surface area contributed by atoms with Gasteiger partial charge in [-0.1, -0.05) is 0 Å². The number of aryl methyl sites for hydroxylation is 4. The molecular weight excluding hydrogens is 298 g/mol. The lowest BCUT2D eigenvalue weighted by atomic mass is 10.1. The summed E-state index contributed by atoms with van der Waals surface area (Å²) in [5, 5.41) is 3.65. The van der Waals surface area contributed by atoms with E-state index in [1.807, 2.05) is 11.3 Å². The Labute approximate surface area is 133 Å². The zero-order valence-electron chi connectivity index (χ0n) is 13.2. The molecule has 0 aliphatic rings. The number of thiazole rings is 1. The number of rotatable bonds is 4. The molecule has 112 valence electrons. The van der Waals surface area contributed by atoms with Crippen molar-refractivity contribution in [2.45, 2.75) is 47.2 Å². The highest BCUT2D eigenvalue weighted by atomic mass is 32.1. The first-order valence-electron chi connectivity index (χ1n) is 7.20. The van der Waals surface area contributed by atoms with Gasteiger partial charge in [-0.15, -0.1) is 22.7 Å². The molecule has 0 aromatic carbocycles. The number of thiophene rings is 1. The summed E-state index contributed by atoms with van der Waals surface area (Å²) in [6, 6.07) is 2.66. The van der Waals surface area contributed by atoms with Gasteiger partial charge in [0.15, 0.2) is 4.96 Å². The van der Waals surface area contributed by atoms with Crippen LogP contribution < -0.4 is 5.32 Å². The van der Waals surface area contributed by atoms with Crippen LogP contribution in [0.4, 0.5) is 0 Å². The first-order chi connectivity index (χ1) is 9.95. The number of imidazole rings is 1. The maximum atomic E-state index is 4.65. The van der Waals surface area contributed by atoms with E-state index in [2.05, 4.69) is 61.6 Å². The summed E-state index contributed by atoms with van der Waals surface area (Å²) in [5.74, 6) is 0. The van der Waals surface area contributed by atoms with Crippen LogP contribution in [0.1, 0.15) is 44.5 Å². The Morgan fingerprint density at radius 1 is 1.19 bits per heavy atom. The van der Waals surface area contributed by atoms with E-state index < -0.39 is 0 Å². The Balaban J connectivity index is 1.80. The largest absolute Gasteiger partial charge is 0.305 e. The molecular formula is C16H21N3S2. The molecule has 3 aromatic heterocycles. The fourth-order valence-corrected chi connectivity index (χ4v) is 4.67. The van der Waals surface area contributed by atoms with Gasteiger partial charge in [-0.3, -0.25) is 4.40 Å². The first-order valence-corrected chi connectivity index (χ1v) is 8.83. The van der Waals surface area contributed by atoms with Crippen LogP contribution in [0.15, 0.2) is 12.3 Å². The number of hydrogen-bond donors (Lipinski definition) is 1. The lowest BCUT2D eigenvalue weighted by Crippen LogP contribution is -2.19. The molecule has 0 fully saturated rings. The van der Waals surface area contributed by atoms with Gasteiger partial charge < -0.3 is 5.32 Å². The van der Waals surface area contributed by atoms with E-state index in [1.165, 1.54) is 25.9 Å². The highest BCUT2D eigenvalue weighted by Gasteiger charge is 2.14. The molecule has 0 aliphatic heterocycles. The Morgan fingerprint density at radius 3 is 2.62 bits per heavy atom. The summed E-state index contributed by atoms with van der Waals surface area (Å²) in [4.78, 5) is 9.84. The summed E-state index contributed by atoms with van der Waals surface area (Å²) in [6.07, 6.45) is 2.18. The van der Waals surface area contributed by atoms with E-state index >= 15 is 0 Å². The second-order valence-corrected chi connectivity index (χ2v) is 8.28. The Hall–Kier alpha value is -1.17. The molecule has 0 radical (unpaired) electrons. The maximum Gasteiger partial charge on any atom is 0.194 e. The van der Waals surface area contributed by atoms with Gasteiger partial charge >= 0.3 is 0 Å². The minimum Gasteiger partial charge on any atom is -0.305 e. The zero-order valence-corrected chi connectivity index (χ0v) is 14.8. The average Bonchev–Trinajstić information content (AvgIpc) is 3.00. The minimum absolute atomic E-state index is 0.361. The van der Waals surface area contributed by atoms with E-state index in [-0.39, 0.29) is 0 Å². The van der Waals surface area contributed by atoms with Crippen molar-refractivity contribution >= 4 is 27.6 Å². The molecule has 3 aromatic rings. The zero-order chi connectivity index (χ0) is 15.1. The normalized spacial score (nSPS) is 13.2. The smallest absolute Gasteiger partial charge is 0.194 e. The van der Waals surface area contributed by atoms with E-state index in [1.54, 1.807) is 11.3 Å². The Morgan fingerprint density at radius 2 is 1.95 bits per heavy atom. The number of fused-ring (bicyclic) bond motifs is 1. The lowest BCUT2D eigenvalue weighted by molar-refractivity contribution is 0.564. The van der Waals surface area contributed by atoms with Crippen LogP contribution in [0, 0.1) is 27.7 Å². The van der Waals surface area contributed by atoms with E-state index in [9.17, 15) is 0 Å². The predicted molar refractivity (Wildman–Crippen MR) is 91.6 cm³/mol. The molecule has 21 heavy (non-hydrogen) atoms. The SMILES string of the molecule is Cc1cc(C(C)NCc2c(C)nc3sc(C)cn23)c(C)s1. The van der Waals surface area contributed by atoms with Gasteiger partial charge in [-0.25, -0.2) is 4.98 Å². The molecule has 0 aliphatic carbocycles. The van der Waals surface area contributed by atoms with Gasteiger partial charge in [0, 0.05) is 33.4 Å². The van der Waals surface area contributed by atoms with E-state index in [4.69, 9.17) is 0 Å². The molecule has 0 bridgehead atoms. The third kappa shape index (κ3) is 2.78. The third-order valence-electron chi connectivity index (χ3n) is 3.86. The predicted octanol–water partition coefficient (Wildman–Crippen LogP) is 4.54. The Bertz CT molecular complexity index is 779. The third-order valence-corrected chi connectivity index (χ3v) is 5.74. The van der Waals surface area contributed by atoms with Crippen molar-refractivity contribution in [1.29, 1.82) is 0 Å². The minimum atomic E-state index is 0.361. The number of nitrogens with one attached hydrogen (secondary N) is 1. The van der Waals surface area contributed by atoms with Gasteiger partial charge in [0.25, 0.3) is 0 Å². The van der Waals surface area contributed by atoms with Crippen molar-refractivity contribution in [2.75, 3.05) is 0 Å². The molecule has 0 amide bonds. The highest BCUT2D eigenvalue weighted by molar-refractivity contribution is 7.17. The van der Waals surface area contributed by atoms with Crippen LogP contribution in [0.25, 0.3) is 4.96 Å². The van der Waals surface area contributed by atoms with Crippen molar-refractivity contribution in [3.8, 4) is 0 Å². The lowest BCUT2D eigenvalue weighted by Gasteiger charge is -2.14. The fourth-order valence-electron chi connectivity index (χ4n) is 2.76. The van der Waals surface area contributed by atoms with Crippen LogP contribution in [-0.4, -0.2) is 9.38 Å². The maximum absolute atomic E-state index is 4.65. The second-order valence-electron chi connectivity index (χ2n) is 5.61. The van der Waals surface area contributed by atoms with Crippen LogP contribution in [0.5, 0.6) is 0 Å². The number of nitrogens with zero attached hydrogens (tertiary/aromatic N) is 2. The molecule has 0 spiro atoms. The van der Waals surface area contributed by atoms with Gasteiger partial charge in [0.05, 0.1) is 11.4 Å². The highest BCUT2D eigenvalue weighted by Crippen LogP contribution is 2.27. The summed E-state index contributed by atoms with van der Waals surface area (Å²) < 4.78 is 2.22. The molecule has 5 heteroatoms. The van der Waals surface area contributed by atoms with Crippen LogP contribution in [0.2, 0.25) is 0 Å². The summed E-state index contributed by atoms with van der Waals surface area (Å²) >= 11 is 3.62. The Kier molecular flexibility index (Phi) is 3.90. The van der Waals surface area contributed by atoms with Crippen molar-refractivity contribution < 1.29 is 0 Å². The molecule has 3 heterocycles. The molecule has 0 saturated heterocycles. The van der Waals surface area contributed by atoms with Crippen molar-refractivity contribution in [3.63, 3.8) is 0 Å². The van der Waals surface area contributed by atoms with Gasteiger partial charge in [-0.2, -0.15) is 0 Å². The van der Waals surface area contributed by atoms with Gasteiger partial charge in [0.1, 0.15) is 0 Å². The molecule has 1 N–H and O–H groups in total. The quantitative estimate of drug-likeness (QED) is 0.765. The molecule has 0 saturated carbocycles. The first kappa shape index (κ1) is 14.8. The standard InChI is InChI=1S/C16H21N3S2/c1-9-6-14(13(5)20-9)11(3)17-7-15-12(4)18-16-19(15)8-10(2)21-16/h6,8,11,17H,7H2,1-5H3. The molecule has 1 unspecified atom stereocenters. The monoisotopic (exact) mass is 319 g/mol. The van der Waals surface area contributed by atoms with Gasteiger partial charge in [0.2, 0.25) is 0 Å². The number of hydrogen-bond acceptors (Lipinski definition) is 4. The molecule has 3 rings (SSSR count). The van der Waals surface area contributed by atoms with Crippen LogP contribution in [0.3, 0.4) is 0 Å². The topological polar surface area (TPSA) is 29.3 Å². The summed E-state index contributed by atoms with van der Waals surface area (Å²) in [7, 11) is 0. The number of aromatic nitrogens is 2. The summed E-state index contributed by atoms with van der Waals surface area (Å²) in [5.41, 5.74) is 3.81. The van der Waals surface area contributed by atoms with E-state index in [0.717, 1.165) is 17.2 Å². The van der Waals surface area contributed by atoms with Crippen LogP contribution >= 0.6 is 22.7 Å². The van der Waals surface area contributed by atoms with Crippen molar-refractivity contribution in [2.24, 2.45) is 0 Å². The summed E-state index contributed by atoms with van der Waals surface area (Å²) in [6.45, 7) is 11.7. The molecule has 3 nitrogen and oxygen atoms in total. The molecule has 1 atom stereocenters. The second kappa shape index (κ2) is 5.55. The van der Waals surface area contributed by atoms with Crippen molar-refractivity contribution in [1.82, 2.24) is 14.7 Å².